The second-order valence-corrected chi connectivity index (χ2v) is 7.45. The molecule has 0 bridgehead atoms. The minimum absolute atomic E-state index is 0.0906. The van der Waals surface area contributed by atoms with E-state index in [1.165, 1.54) is 0 Å². The van der Waals surface area contributed by atoms with Crippen molar-refractivity contribution in [1.29, 1.82) is 0 Å². The fraction of sp³-hybridized carbons (Fsp3) is 0.556. The summed E-state index contributed by atoms with van der Waals surface area (Å²) in [5, 5.41) is 15.1. The number of ether oxygens (including phenoxy) is 1. The van der Waals surface area contributed by atoms with Crippen LogP contribution in [0.25, 0.3) is 0 Å². The third-order valence-corrected chi connectivity index (χ3v) is 4.14. The maximum Gasteiger partial charge on any atom is 0.242 e. The van der Waals surface area contributed by atoms with Gasteiger partial charge in [-0.2, -0.15) is 0 Å². The number of amides is 1. The molecule has 1 amide bonds. The second kappa shape index (κ2) is 7.92. The van der Waals surface area contributed by atoms with Crippen LogP contribution < -0.4 is 5.32 Å². The Morgan fingerprint density at radius 2 is 1.92 bits per heavy atom. The van der Waals surface area contributed by atoms with Crippen molar-refractivity contribution in [2.45, 2.75) is 38.9 Å². The number of hydrogen-bond donors (Lipinski definition) is 1. The molecule has 0 saturated carbocycles. The first-order valence-corrected chi connectivity index (χ1v) is 8.88. The number of aromatic nitrogens is 4. The van der Waals surface area contributed by atoms with Crippen molar-refractivity contribution in [3.05, 3.63) is 41.7 Å². The van der Waals surface area contributed by atoms with Crippen LogP contribution in [0.3, 0.4) is 0 Å². The van der Waals surface area contributed by atoms with E-state index in [1.807, 2.05) is 39.0 Å². The third-order valence-electron chi connectivity index (χ3n) is 4.14. The number of nitrogens with zero attached hydrogens (tertiary/aromatic N) is 5. The molecule has 1 fully saturated rings. The Balaban J connectivity index is 1.88. The van der Waals surface area contributed by atoms with Crippen molar-refractivity contribution in [3.63, 3.8) is 0 Å². The highest BCUT2D eigenvalue weighted by Gasteiger charge is 2.29. The lowest BCUT2D eigenvalue weighted by Crippen LogP contribution is -2.43. The molecular weight excluding hydrogens is 332 g/mol. The van der Waals surface area contributed by atoms with Gasteiger partial charge in [0.15, 0.2) is 5.82 Å². The lowest BCUT2D eigenvalue weighted by Gasteiger charge is -2.33. The van der Waals surface area contributed by atoms with Crippen LogP contribution in [-0.2, 0) is 16.1 Å². The first kappa shape index (κ1) is 18.5. The van der Waals surface area contributed by atoms with E-state index in [4.69, 9.17) is 4.74 Å². The predicted molar refractivity (Wildman–Crippen MR) is 96.4 cm³/mol. The van der Waals surface area contributed by atoms with Crippen LogP contribution in [0, 0.1) is 0 Å². The number of rotatable bonds is 5. The summed E-state index contributed by atoms with van der Waals surface area (Å²) in [7, 11) is 0. The van der Waals surface area contributed by atoms with Gasteiger partial charge in [-0.1, -0.05) is 30.3 Å². The van der Waals surface area contributed by atoms with Gasteiger partial charge in [0.1, 0.15) is 6.54 Å². The van der Waals surface area contributed by atoms with E-state index < -0.39 is 0 Å². The van der Waals surface area contributed by atoms with Gasteiger partial charge in [-0.25, -0.2) is 4.68 Å². The van der Waals surface area contributed by atoms with Crippen LogP contribution in [0.15, 0.2) is 30.3 Å². The average molecular weight is 358 g/mol. The van der Waals surface area contributed by atoms with Crippen molar-refractivity contribution < 1.29 is 9.53 Å². The topological polar surface area (TPSA) is 85.2 Å². The van der Waals surface area contributed by atoms with Crippen molar-refractivity contribution in [3.8, 4) is 0 Å². The van der Waals surface area contributed by atoms with Gasteiger partial charge < -0.3 is 10.1 Å². The Morgan fingerprint density at radius 3 is 2.58 bits per heavy atom. The van der Waals surface area contributed by atoms with Gasteiger partial charge in [-0.15, -0.1) is 5.10 Å². The number of morpholine rings is 1. The quantitative estimate of drug-likeness (QED) is 0.859. The third kappa shape index (κ3) is 4.64. The van der Waals surface area contributed by atoms with Crippen LogP contribution in [0.5, 0.6) is 0 Å². The molecule has 26 heavy (non-hydrogen) atoms. The highest BCUT2D eigenvalue weighted by atomic mass is 16.5. The van der Waals surface area contributed by atoms with Gasteiger partial charge in [0.2, 0.25) is 5.91 Å². The zero-order valence-corrected chi connectivity index (χ0v) is 15.6. The molecule has 1 unspecified atom stereocenters. The molecule has 1 aromatic carbocycles. The Morgan fingerprint density at radius 1 is 1.23 bits per heavy atom. The zero-order valence-electron chi connectivity index (χ0n) is 15.6. The maximum atomic E-state index is 12.4. The largest absolute Gasteiger partial charge is 0.379 e. The average Bonchev–Trinajstić information content (AvgIpc) is 3.03. The molecule has 0 radical (unpaired) electrons. The van der Waals surface area contributed by atoms with Crippen LogP contribution in [0.2, 0.25) is 0 Å². The number of carbonyl (C=O) groups is 1. The first-order valence-electron chi connectivity index (χ1n) is 8.88. The summed E-state index contributed by atoms with van der Waals surface area (Å²) in [4.78, 5) is 14.6. The number of carbonyl (C=O) groups excluding carboxylic acids is 1. The highest BCUT2D eigenvalue weighted by Crippen LogP contribution is 2.27. The maximum absolute atomic E-state index is 12.4. The number of benzene rings is 1. The molecule has 1 aliphatic rings. The van der Waals surface area contributed by atoms with Crippen LogP contribution in [-0.4, -0.2) is 62.9 Å². The molecule has 2 heterocycles. The van der Waals surface area contributed by atoms with Gasteiger partial charge >= 0.3 is 0 Å². The van der Waals surface area contributed by atoms with Gasteiger partial charge in [0.05, 0.1) is 19.3 Å². The summed E-state index contributed by atoms with van der Waals surface area (Å²) in [5.41, 5.74) is 0.801. The highest BCUT2D eigenvalue weighted by molar-refractivity contribution is 5.76. The summed E-state index contributed by atoms with van der Waals surface area (Å²) < 4.78 is 7.08. The van der Waals surface area contributed by atoms with Gasteiger partial charge in [0, 0.05) is 18.6 Å². The predicted octanol–water partition coefficient (Wildman–Crippen LogP) is 1.01. The molecule has 1 atom stereocenters. The number of hydrogen-bond acceptors (Lipinski definition) is 6. The van der Waals surface area contributed by atoms with E-state index >= 15 is 0 Å². The Kier molecular flexibility index (Phi) is 5.63. The number of tetrazole rings is 1. The monoisotopic (exact) mass is 358 g/mol. The minimum Gasteiger partial charge on any atom is -0.379 e. The molecule has 140 valence electrons. The van der Waals surface area contributed by atoms with Crippen LogP contribution in [0.1, 0.15) is 38.2 Å². The molecule has 1 N–H and O–H groups in total. The SMILES string of the molecule is CC(C)(C)NC(=O)Cn1nnnc1C(c1ccccc1)N1CCOCC1. The lowest BCUT2D eigenvalue weighted by molar-refractivity contribution is -0.123. The normalized spacial score (nSPS) is 17.0. The van der Waals surface area contributed by atoms with E-state index in [0.717, 1.165) is 18.7 Å². The molecule has 0 spiro atoms. The van der Waals surface area contributed by atoms with Crippen molar-refractivity contribution in [1.82, 2.24) is 30.4 Å². The molecule has 8 nitrogen and oxygen atoms in total. The second-order valence-electron chi connectivity index (χ2n) is 7.45. The Labute approximate surface area is 153 Å². The lowest BCUT2D eigenvalue weighted by atomic mass is 10.0. The Hall–Kier alpha value is -2.32. The minimum atomic E-state index is -0.297. The van der Waals surface area contributed by atoms with Gasteiger partial charge in [-0.05, 0) is 36.8 Å². The van der Waals surface area contributed by atoms with E-state index in [-0.39, 0.29) is 24.0 Å². The Bertz CT molecular complexity index is 719. The summed E-state index contributed by atoms with van der Waals surface area (Å²) in [5.74, 6) is 0.557. The molecule has 3 rings (SSSR count). The zero-order chi connectivity index (χ0) is 18.6. The molecule has 1 saturated heterocycles. The van der Waals surface area contributed by atoms with E-state index in [9.17, 15) is 4.79 Å². The summed E-state index contributed by atoms with van der Waals surface area (Å²) in [6, 6.07) is 10.0. The van der Waals surface area contributed by atoms with Crippen molar-refractivity contribution in [2.75, 3.05) is 26.3 Å². The molecule has 1 aromatic heterocycles. The summed E-state index contributed by atoms with van der Waals surface area (Å²) in [6.07, 6.45) is 0. The van der Waals surface area contributed by atoms with E-state index in [2.05, 4.69) is 37.9 Å². The molecule has 1 aliphatic heterocycles. The van der Waals surface area contributed by atoms with Crippen LogP contribution in [0.4, 0.5) is 0 Å². The van der Waals surface area contributed by atoms with Gasteiger partial charge in [-0.3, -0.25) is 9.69 Å². The molecular formula is C18H26N6O2. The molecule has 2 aromatic rings. The smallest absolute Gasteiger partial charge is 0.242 e. The standard InChI is InChI=1S/C18H26N6O2/c1-18(2,3)19-15(25)13-24-17(20-21-22-24)16(14-7-5-4-6-8-14)23-9-11-26-12-10-23/h4-8,16H,9-13H2,1-3H3,(H,19,25). The van der Waals surface area contributed by atoms with E-state index in [0.29, 0.717) is 19.0 Å². The fourth-order valence-corrected chi connectivity index (χ4v) is 3.11. The van der Waals surface area contributed by atoms with Crippen molar-refractivity contribution >= 4 is 5.91 Å². The van der Waals surface area contributed by atoms with Crippen LogP contribution >= 0.6 is 0 Å². The first-order chi connectivity index (χ1) is 12.4. The van der Waals surface area contributed by atoms with Gasteiger partial charge in [0.25, 0.3) is 0 Å². The summed E-state index contributed by atoms with van der Waals surface area (Å²) >= 11 is 0. The van der Waals surface area contributed by atoms with Crippen molar-refractivity contribution in [2.24, 2.45) is 0 Å². The number of nitrogens with one attached hydrogen (secondary N) is 1. The van der Waals surface area contributed by atoms with E-state index in [1.54, 1.807) is 4.68 Å². The molecule has 0 aliphatic carbocycles. The fourth-order valence-electron chi connectivity index (χ4n) is 3.11. The summed E-state index contributed by atoms with van der Waals surface area (Å²) in [6.45, 7) is 8.88. The molecule has 8 heteroatoms.